The van der Waals surface area contributed by atoms with E-state index in [9.17, 15) is 0 Å². The Balaban J connectivity index is 1.39. The van der Waals surface area contributed by atoms with E-state index >= 15 is 0 Å². The fourth-order valence-corrected chi connectivity index (χ4v) is 12.4. The van der Waals surface area contributed by atoms with Gasteiger partial charge in [-0.05, 0) is 163 Å². The van der Waals surface area contributed by atoms with Gasteiger partial charge in [0.25, 0.3) is 0 Å². The first-order chi connectivity index (χ1) is 29.4. The van der Waals surface area contributed by atoms with E-state index in [-0.39, 0.29) is 10.8 Å². The Bertz CT molecular complexity index is 1750. The van der Waals surface area contributed by atoms with Gasteiger partial charge in [-0.3, -0.25) is 0 Å². The smallest absolute Gasteiger partial charge is 0.0215 e. The second kappa shape index (κ2) is 24.4. The van der Waals surface area contributed by atoms with Crippen LogP contribution in [-0.2, 0) is 10.8 Å². The summed E-state index contributed by atoms with van der Waals surface area (Å²) in [6.07, 6.45) is 37.6. The quantitative estimate of drug-likeness (QED) is 0.0376. The lowest BCUT2D eigenvalue weighted by molar-refractivity contribution is 0.397. The van der Waals surface area contributed by atoms with Crippen molar-refractivity contribution in [2.75, 3.05) is 0 Å². The second-order valence-corrected chi connectivity index (χ2v) is 21.6. The number of rotatable bonds is 29. The van der Waals surface area contributed by atoms with E-state index in [1.54, 1.807) is 22.3 Å². The first-order valence-electron chi connectivity index (χ1n) is 25.3. The molecule has 2 aliphatic carbocycles. The van der Waals surface area contributed by atoms with Gasteiger partial charge in [0.2, 0.25) is 0 Å². The minimum Gasteiger partial charge on any atom is -0.0654 e. The van der Waals surface area contributed by atoms with Crippen molar-refractivity contribution < 1.29 is 0 Å². The predicted molar refractivity (Wildman–Crippen MR) is 282 cm³/mol. The second-order valence-electron chi connectivity index (χ2n) is 19.1. The molecule has 4 aromatic carbocycles. The summed E-state index contributed by atoms with van der Waals surface area (Å²) in [5.41, 5.74) is 15.6. The van der Waals surface area contributed by atoms with Gasteiger partial charge in [0.05, 0.1) is 0 Å². The van der Waals surface area contributed by atoms with E-state index in [4.69, 9.17) is 0 Å². The van der Waals surface area contributed by atoms with Crippen LogP contribution in [0.25, 0.3) is 33.4 Å². The van der Waals surface area contributed by atoms with Gasteiger partial charge in [0.15, 0.2) is 0 Å². The van der Waals surface area contributed by atoms with Gasteiger partial charge in [-0.15, -0.1) is 0 Å². The number of fused-ring (bicyclic) bond motifs is 6. The lowest BCUT2D eigenvalue weighted by Crippen LogP contribution is -2.26. The number of unbranched alkanes of at least 4 members (excludes halogenated alkanes) is 20. The fourth-order valence-electron chi connectivity index (χ4n) is 11.4. The van der Waals surface area contributed by atoms with Gasteiger partial charge in [-0.1, -0.05) is 218 Å². The molecule has 0 saturated heterocycles. The molecule has 0 fully saturated rings. The Kier molecular flexibility index (Phi) is 19.5. The van der Waals surface area contributed by atoms with Crippen LogP contribution < -0.4 is 0 Å². The third-order valence-electron chi connectivity index (χ3n) is 14.8. The summed E-state index contributed by atoms with van der Waals surface area (Å²) in [6.45, 7) is 9.36. The van der Waals surface area contributed by atoms with E-state index in [0.29, 0.717) is 0 Å². The molecule has 0 nitrogen and oxygen atoms in total. The van der Waals surface area contributed by atoms with E-state index in [1.807, 2.05) is 0 Å². The molecular formula is C58H80I2. The van der Waals surface area contributed by atoms with Crippen LogP contribution >= 0.6 is 45.2 Å². The van der Waals surface area contributed by atoms with Crippen LogP contribution in [0, 0.1) is 7.14 Å². The molecule has 0 saturated carbocycles. The number of hydrogen-bond acceptors (Lipinski definition) is 0. The predicted octanol–water partition coefficient (Wildman–Crippen LogP) is 20.1. The topological polar surface area (TPSA) is 0 Å². The van der Waals surface area contributed by atoms with E-state index in [0.717, 1.165) is 0 Å². The van der Waals surface area contributed by atoms with Gasteiger partial charge < -0.3 is 0 Å². The molecule has 4 aromatic rings. The minimum absolute atomic E-state index is 0.0976. The monoisotopic (exact) mass is 1030 g/mol. The minimum atomic E-state index is 0.0976. The molecule has 60 heavy (non-hydrogen) atoms. The Morgan fingerprint density at radius 2 is 0.550 bits per heavy atom. The fraction of sp³-hybridized carbons (Fsp3) is 0.586. The molecule has 0 atom stereocenters. The van der Waals surface area contributed by atoms with Gasteiger partial charge in [-0.25, -0.2) is 0 Å². The van der Waals surface area contributed by atoms with Crippen LogP contribution in [0.5, 0.6) is 0 Å². The summed E-state index contributed by atoms with van der Waals surface area (Å²) in [4.78, 5) is 0. The normalized spacial score (nSPS) is 14.3. The third-order valence-corrected chi connectivity index (χ3v) is 16.1. The lowest BCUT2D eigenvalue weighted by atomic mass is 9.69. The van der Waals surface area contributed by atoms with Crippen molar-refractivity contribution in [3.8, 4) is 33.4 Å². The third kappa shape index (κ3) is 11.5. The highest BCUT2D eigenvalue weighted by atomic mass is 127. The molecule has 2 heteroatoms. The zero-order chi connectivity index (χ0) is 42.2. The number of halogens is 2. The average Bonchev–Trinajstić information content (AvgIpc) is 3.67. The summed E-state index contributed by atoms with van der Waals surface area (Å²) >= 11 is 5.16. The number of hydrogen-bond donors (Lipinski definition) is 0. The van der Waals surface area contributed by atoms with Gasteiger partial charge >= 0.3 is 0 Å². The maximum absolute atomic E-state index is 2.70. The van der Waals surface area contributed by atoms with Crippen LogP contribution in [0.15, 0.2) is 72.8 Å². The van der Waals surface area contributed by atoms with Crippen LogP contribution in [0.3, 0.4) is 0 Å². The Hall–Kier alpha value is -1.66. The highest BCUT2D eigenvalue weighted by molar-refractivity contribution is 14.1. The average molecular weight is 1030 g/mol. The Morgan fingerprint density at radius 1 is 0.300 bits per heavy atom. The molecule has 0 N–H and O–H groups in total. The lowest BCUT2D eigenvalue weighted by Gasteiger charge is -2.34. The van der Waals surface area contributed by atoms with Crippen molar-refractivity contribution in [2.24, 2.45) is 0 Å². The van der Waals surface area contributed by atoms with Crippen molar-refractivity contribution >= 4 is 45.2 Å². The Labute approximate surface area is 396 Å². The van der Waals surface area contributed by atoms with Crippen molar-refractivity contribution in [2.45, 2.75) is 218 Å². The highest BCUT2D eigenvalue weighted by Crippen LogP contribution is 2.57. The van der Waals surface area contributed by atoms with Crippen LogP contribution in [-0.4, -0.2) is 0 Å². The van der Waals surface area contributed by atoms with Gasteiger partial charge in [0.1, 0.15) is 0 Å². The molecule has 6 rings (SSSR count). The molecule has 2 aliphatic rings. The Morgan fingerprint density at radius 3 is 0.850 bits per heavy atom. The summed E-state index contributed by atoms with van der Waals surface area (Å²) in [5, 5.41) is 0. The van der Waals surface area contributed by atoms with E-state index in [2.05, 4.69) is 146 Å². The summed E-state index contributed by atoms with van der Waals surface area (Å²) in [6, 6.07) is 30.2. The highest BCUT2D eigenvalue weighted by Gasteiger charge is 2.44. The van der Waals surface area contributed by atoms with Crippen LogP contribution in [0.2, 0.25) is 0 Å². The molecule has 0 aromatic heterocycles. The van der Waals surface area contributed by atoms with Crippen LogP contribution in [0.4, 0.5) is 0 Å². The molecule has 0 aliphatic heterocycles. The molecular weight excluding hydrogens is 950 g/mol. The molecule has 0 spiro atoms. The zero-order valence-corrected chi connectivity index (χ0v) is 42.8. The molecule has 0 amide bonds. The maximum atomic E-state index is 2.70. The van der Waals surface area contributed by atoms with E-state index < -0.39 is 0 Å². The zero-order valence-electron chi connectivity index (χ0n) is 38.5. The maximum Gasteiger partial charge on any atom is 0.0215 e. The van der Waals surface area contributed by atoms with Crippen molar-refractivity contribution in [1.82, 2.24) is 0 Å². The molecule has 326 valence electrons. The summed E-state index contributed by atoms with van der Waals surface area (Å²) in [7, 11) is 0. The van der Waals surface area contributed by atoms with Crippen molar-refractivity contribution in [3.63, 3.8) is 0 Å². The van der Waals surface area contributed by atoms with E-state index in [1.165, 1.54) is 220 Å². The SMILES string of the molecule is CCCCCCCCC1(CCCCCCCC)c2cc(I)ccc2-c2ccc(-c3ccc4c(c3)C(CCCCCCCC)(CCCCCCCC)c3cc(I)ccc3-4)cc21. The summed E-state index contributed by atoms with van der Waals surface area (Å²) in [5.74, 6) is 0. The van der Waals surface area contributed by atoms with Gasteiger partial charge in [-0.2, -0.15) is 0 Å². The van der Waals surface area contributed by atoms with Gasteiger partial charge in [0, 0.05) is 18.0 Å². The van der Waals surface area contributed by atoms with Crippen molar-refractivity contribution in [3.05, 3.63) is 102 Å². The first-order valence-corrected chi connectivity index (χ1v) is 27.5. The molecule has 0 heterocycles. The standard InChI is InChI=1S/C58H80I2/c1-5-9-13-17-21-25-37-57(38-26-22-18-14-10-6-2)53-41-45(29-33-49(53)51-35-31-47(59)43-55(51)57)46-30-34-50-52-36-32-48(60)44-56(52)58(54(50)42-46,39-27-23-19-15-11-7-3)40-28-24-20-16-12-8-4/h29-36,41-44H,5-28,37-40H2,1-4H3. The molecule has 0 radical (unpaired) electrons. The first kappa shape index (κ1) is 47.8. The van der Waals surface area contributed by atoms with Crippen molar-refractivity contribution in [1.29, 1.82) is 0 Å². The largest absolute Gasteiger partial charge is 0.0654 e. The summed E-state index contributed by atoms with van der Waals surface area (Å²) < 4.78 is 2.77. The number of benzene rings is 4. The van der Waals surface area contributed by atoms with Crippen LogP contribution in [0.1, 0.15) is 230 Å². The molecule has 0 unspecified atom stereocenters. The molecule has 0 bridgehead atoms.